The number of nitrogens with two attached hydrogens (primary N) is 1. The largest absolute Gasteiger partial charge is 0.481 e. The van der Waals surface area contributed by atoms with Gasteiger partial charge in [0.15, 0.2) is 5.82 Å². The summed E-state index contributed by atoms with van der Waals surface area (Å²) in [5, 5.41) is 9.40. The normalized spacial score (nSPS) is 20.4. The van der Waals surface area contributed by atoms with Gasteiger partial charge in [-0.15, -0.1) is 0 Å². The van der Waals surface area contributed by atoms with E-state index in [9.17, 15) is 5.11 Å². The Morgan fingerprint density at radius 1 is 1.53 bits per heavy atom. The van der Waals surface area contributed by atoms with Crippen LogP contribution in [-0.4, -0.2) is 36.4 Å². The summed E-state index contributed by atoms with van der Waals surface area (Å²) in [5.41, 5.74) is 6.58. The van der Waals surface area contributed by atoms with Crippen LogP contribution in [0.5, 0.6) is 5.88 Å². The van der Waals surface area contributed by atoms with E-state index in [0.29, 0.717) is 11.6 Å². The fraction of sp³-hybridized carbons (Fsp3) is 0.583. The molecular weight excluding hydrogens is 218 g/mol. The van der Waals surface area contributed by atoms with Crippen LogP contribution in [0.3, 0.4) is 0 Å². The van der Waals surface area contributed by atoms with Gasteiger partial charge in [-0.05, 0) is 25.3 Å². The Bertz CT molecular complexity index is 384. The maximum Gasteiger partial charge on any atom is 0.215 e. The first kappa shape index (κ1) is 12.0. The van der Waals surface area contributed by atoms with Crippen LogP contribution in [0.25, 0.3) is 0 Å². The minimum atomic E-state index is 0.116. The number of aliphatic hydroxyl groups excluding tert-OH is 1. The molecule has 1 aliphatic rings. The number of nitrogens with zero attached hydrogens (tertiary/aromatic N) is 2. The SMILES string of the molecule is COc1ccc(N)c(N2CCCCC2CO)n1. The molecule has 0 aromatic carbocycles. The smallest absolute Gasteiger partial charge is 0.215 e. The highest BCUT2D eigenvalue weighted by molar-refractivity contribution is 5.64. The van der Waals surface area contributed by atoms with Crippen molar-refractivity contribution in [3.8, 4) is 5.88 Å². The first-order chi connectivity index (χ1) is 8.26. The number of nitrogen functional groups attached to an aromatic ring is 1. The van der Waals surface area contributed by atoms with E-state index in [4.69, 9.17) is 10.5 Å². The molecule has 1 aliphatic heterocycles. The molecule has 1 saturated heterocycles. The number of hydrogen-bond acceptors (Lipinski definition) is 5. The molecule has 0 spiro atoms. The van der Waals surface area contributed by atoms with Crippen molar-refractivity contribution < 1.29 is 9.84 Å². The molecule has 1 aromatic rings. The molecule has 1 unspecified atom stereocenters. The highest BCUT2D eigenvalue weighted by atomic mass is 16.5. The monoisotopic (exact) mass is 237 g/mol. The summed E-state index contributed by atoms with van der Waals surface area (Å²) in [6.07, 6.45) is 3.23. The van der Waals surface area contributed by atoms with E-state index in [1.807, 2.05) is 0 Å². The van der Waals surface area contributed by atoms with Gasteiger partial charge >= 0.3 is 0 Å². The van der Waals surface area contributed by atoms with Crippen molar-refractivity contribution in [2.24, 2.45) is 0 Å². The van der Waals surface area contributed by atoms with Crippen molar-refractivity contribution in [2.45, 2.75) is 25.3 Å². The summed E-state index contributed by atoms with van der Waals surface area (Å²) in [6.45, 7) is 1.02. The Balaban J connectivity index is 2.30. The van der Waals surface area contributed by atoms with Gasteiger partial charge in [-0.2, -0.15) is 4.98 Å². The molecule has 3 N–H and O–H groups in total. The van der Waals surface area contributed by atoms with E-state index in [-0.39, 0.29) is 12.6 Å². The fourth-order valence-corrected chi connectivity index (χ4v) is 2.25. The molecule has 2 heterocycles. The van der Waals surface area contributed by atoms with E-state index in [2.05, 4.69) is 9.88 Å². The van der Waals surface area contributed by atoms with Gasteiger partial charge in [0.2, 0.25) is 5.88 Å². The number of piperidine rings is 1. The number of aliphatic hydroxyl groups is 1. The second-order valence-electron chi connectivity index (χ2n) is 4.29. The standard InChI is InChI=1S/C12H19N3O2/c1-17-11-6-5-10(13)12(14-11)15-7-3-2-4-9(15)8-16/h5-6,9,16H,2-4,7-8,13H2,1H3. The number of hydrogen-bond donors (Lipinski definition) is 2. The predicted molar refractivity (Wildman–Crippen MR) is 67.3 cm³/mol. The highest BCUT2D eigenvalue weighted by Crippen LogP contribution is 2.29. The van der Waals surface area contributed by atoms with Crippen LogP contribution >= 0.6 is 0 Å². The van der Waals surface area contributed by atoms with Crippen LogP contribution < -0.4 is 15.4 Å². The summed E-state index contributed by atoms with van der Waals surface area (Å²) in [7, 11) is 1.59. The van der Waals surface area contributed by atoms with Gasteiger partial charge in [0.05, 0.1) is 25.4 Å². The molecular formula is C12H19N3O2. The zero-order valence-corrected chi connectivity index (χ0v) is 10.1. The van der Waals surface area contributed by atoms with Crippen molar-refractivity contribution in [3.05, 3.63) is 12.1 Å². The Morgan fingerprint density at radius 3 is 3.06 bits per heavy atom. The van der Waals surface area contributed by atoms with E-state index in [1.165, 1.54) is 0 Å². The molecule has 0 saturated carbocycles. The molecule has 0 radical (unpaired) electrons. The lowest BCUT2D eigenvalue weighted by atomic mass is 10.0. The molecule has 0 aliphatic carbocycles. The van der Waals surface area contributed by atoms with Crippen LogP contribution in [0, 0.1) is 0 Å². The maximum absolute atomic E-state index is 9.40. The first-order valence-electron chi connectivity index (χ1n) is 5.94. The molecule has 1 fully saturated rings. The van der Waals surface area contributed by atoms with E-state index in [1.54, 1.807) is 19.2 Å². The summed E-state index contributed by atoms with van der Waals surface area (Å²) in [4.78, 5) is 6.46. The molecule has 1 aromatic heterocycles. The Labute approximate surface area is 101 Å². The average Bonchev–Trinajstić information content (AvgIpc) is 2.39. The van der Waals surface area contributed by atoms with Crippen LogP contribution in [0.4, 0.5) is 11.5 Å². The third-order valence-electron chi connectivity index (χ3n) is 3.20. The Hall–Kier alpha value is -1.49. The lowest BCUT2D eigenvalue weighted by molar-refractivity contribution is 0.239. The third kappa shape index (κ3) is 2.44. The zero-order valence-electron chi connectivity index (χ0n) is 10.1. The third-order valence-corrected chi connectivity index (χ3v) is 3.20. The van der Waals surface area contributed by atoms with Gasteiger partial charge in [-0.1, -0.05) is 0 Å². The Kier molecular flexibility index (Phi) is 3.68. The number of ether oxygens (including phenoxy) is 1. The van der Waals surface area contributed by atoms with Crippen molar-refractivity contribution >= 4 is 11.5 Å². The molecule has 5 heteroatoms. The maximum atomic E-state index is 9.40. The van der Waals surface area contributed by atoms with Gasteiger partial charge in [0.1, 0.15) is 0 Å². The summed E-state index contributed by atoms with van der Waals surface area (Å²) < 4.78 is 5.11. The molecule has 1 atom stereocenters. The zero-order chi connectivity index (χ0) is 12.3. The molecule has 17 heavy (non-hydrogen) atoms. The minimum absolute atomic E-state index is 0.116. The number of rotatable bonds is 3. The number of methoxy groups -OCH3 is 1. The molecule has 0 amide bonds. The van der Waals surface area contributed by atoms with Gasteiger partial charge in [0, 0.05) is 12.6 Å². The van der Waals surface area contributed by atoms with Crippen LogP contribution in [0.2, 0.25) is 0 Å². The molecule has 94 valence electrons. The Morgan fingerprint density at radius 2 is 2.35 bits per heavy atom. The number of anilines is 2. The average molecular weight is 237 g/mol. The second kappa shape index (κ2) is 5.23. The van der Waals surface area contributed by atoms with Crippen molar-refractivity contribution in [1.29, 1.82) is 0 Å². The number of aromatic nitrogens is 1. The van der Waals surface area contributed by atoms with E-state index >= 15 is 0 Å². The second-order valence-corrected chi connectivity index (χ2v) is 4.29. The van der Waals surface area contributed by atoms with Crippen molar-refractivity contribution in [3.63, 3.8) is 0 Å². The lowest BCUT2D eigenvalue weighted by Gasteiger charge is -2.36. The molecule has 5 nitrogen and oxygen atoms in total. The van der Waals surface area contributed by atoms with Crippen molar-refractivity contribution in [1.82, 2.24) is 4.98 Å². The summed E-state index contributed by atoms with van der Waals surface area (Å²) in [6, 6.07) is 3.66. The predicted octanol–water partition coefficient (Wildman–Crippen LogP) is 1.02. The topological polar surface area (TPSA) is 71.6 Å². The van der Waals surface area contributed by atoms with Gasteiger partial charge in [-0.3, -0.25) is 0 Å². The van der Waals surface area contributed by atoms with Crippen molar-refractivity contribution in [2.75, 3.05) is 30.9 Å². The highest BCUT2D eigenvalue weighted by Gasteiger charge is 2.24. The molecule has 2 rings (SSSR count). The molecule has 0 bridgehead atoms. The van der Waals surface area contributed by atoms with Gasteiger partial charge in [-0.25, -0.2) is 0 Å². The number of pyridine rings is 1. The minimum Gasteiger partial charge on any atom is -0.481 e. The quantitative estimate of drug-likeness (QED) is 0.821. The van der Waals surface area contributed by atoms with E-state index < -0.39 is 0 Å². The summed E-state index contributed by atoms with van der Waals surface area (Å²) >= 11 is 0. The van der Waals surface area contributed by atoms with Crippen LogP contribution in [0.15, 0.2) is 12.1 Å². The first-order valence-corrected chi connectivity index (χ1v) is 5.94. The fourth-order valence-electron chi connectivity index (χ4n) is 2.25. The van der Waals surface area contributed by atoms with Crippen LogP contribution in [0.1, 0.15) is 19.3 Å². The van der Waals surface area contributed by atoms with E-state index in [0.717, 1.165) is 31.6 Å². The lowest BCUT2D eigenvalue weighted by Crippen LogP contribution is -2.42. The summed E-state index contributed by atoms with van der Waals surface area (Å²) in [5.74, 6) is 1.28. The van der Waals surface area contributed by atoms with Gasteiger partial charge < -0.3 is 20.5 Å². The van der Waals surface area contributed by atoms with Gasteiger partial charge in [0.25, 0.3) is 0 Å². The van der Waals surface area contributed by atoms with Crippen LogP contribution in [-0.2, 0) is 0 Å².